The molecule has 5 nitrogen and oxygen atoms in total. The maximum absolute atomic E-state index is 11.6. The number of aliphatic carboxylic acids is 1. The quantitative estimate of drug-likeness (QED) is 0.719. The average molecular weight is 284 g/mol. The maximum Gasteiger partial charge on any atom is 0.326 e. The molecule has 1 aromatic rings. The molecule has 0 unspecified atom stereocenters. The van der Waals surface area contributed by atoms with E-state index < -0.39 is 18.0 Å². The Balaban J connectivity index is 2.44. The second kappa shape index (κ2) is 7.78. The van der Waals surface area contributed by atoms with Crippen LogP contribution in [0, 0.1) is 0 Å². The molecule has 1 atom stereocenters. The summed E-state index contributed by atoms with van der Waals surface area (Å²) in [6.07, 6.45) is 2.07. The van der Waals surface area contributed by atoms with E-state index in [-0.39, 0.29) is 0 Å². The highest BCUT2D eigenvalue weighted by atomic mass is 32.1. The Morgan fingerprint density at radius 1 is 1.42 bits per heavy atom. The van der Waals surface area contributed by atoms with Gasteiger partial charge in [0.15, 0.2) is 0 Å². The molecule has 0 bridgehead atoms. The standard InChI is InChI=1S/C13H20N2O3S/c1-3-5-10(12(16)17)15-13(18)14-8-11-9(4-2)6-7-19-11/h6-7,10H,3-5,8H2,1-2H3,(H,16,17)(H2,14,15,18)/t10-/m1/s1. The van der Waals surface area contributed by atoms with Gasteiger partial charge in [-0.1, -0.05) is 20.3 Å². The topological polar surface area (TPSA) is 78.4 Å². The molecule has 19 heavy (non-hydrogen) atoms. The van der Waals surface area contributed by atoms with Crippen molar-refractivity contribution in [3.05, 3.63) is 21.9 Å². The largest absolute Gasteiger partial charge is 0.480 e. The molecule has 1 heterocycles. The van der Waals surface area contributed by atoms with Gasteiger partial charge < -0.3 is 15.7 Å². The van der Waals surface area contributed by atoms with Crippen molar-refractivity contribution < 1.29 is 14.7 Å². The van der Waals surface area contributed by atoms with Gasteiger partial charge in [-0.3, -0.25) is 0 Å². The summed E-state index contributed by atoms with van der Waals surface area (Å²) in [6.45, 7) is 4.38. The van der Waals surface area contributed by atoms with Crippen LogP contribution in [0.25, 0.3) is 0 Å². The third kappa shape index (κ3) is 4.90. The number of carbonyl (C=O) groups is 2. The van der Waals surface area contributed by atoms with Crippen molar-refractivity contribution in [3.8, 4) is 0 Å². The molecule has 0 saturated carbocycles. The van der Waals surface area contributed by atoms with Crippen LogP contribution in [-0.2, 0) is 17.8 Å². The van der Waals surface area contributed by atoms with E-state index in [9.17, 15) is 9.59 Å². The predicted molar refractivity (Wildman–Crippen MR) is 75.4 cm³/mol. The molecule has 0 saturated heterocycles. The Kier molecular flexibility index (Phi) is 6.35. The fourth-order valence-electron chi connectivity index (χ4n) is 1.75. The van der Waals surface area contributed by atoms with E-state index in [1.54, 1.807) is 11.3 Å². The Morgan fingerprint density at radius 2 is 2.16 bits per heavy atom. The van der Waals surface area contributed by atoms with Crippen LogP contribution >= 0.6 is 11.3 Å². The van der Waals surface area contributed by atoms with Crippen LogP contribution in [0.3, 0.4) is 0 Å². The number of amides is 2. The van der Waals surface area contributed by atoms with Gasteiger partial charge in [-0.2, -0.15) is 0 Å². The summed E-state index contributed by atoms with van der Waals surface area (Å²) in [5.41, 5.74) is 1.22. The molecule has 6 heteroatoms. The molecule has 0 aliphatic rings. The first-order chi connectivity index (χ1) is 9.08. The first-order valence-electron chi connectivity index (χ1n) is 6.40. The minimum Gasteiger partial charge on any atom is -0.480 e. The van der Waals surface area contributed by atoms with Crippen LogP contribution < -0.4 is 10.6 Å². The maximum atomic E-state index is 11.6. The van der Waals surface area contributed by atoms with Crippen LogP contribution in [0.1, 0.15) is 37.1 Å². The van der Waals surface area contributed by atoms with E-state index in [4.69, 9.17) is 5.11 Å². The molecule has 0 radical (unpaired) electrons. The van der Waals surface area contributed by atoms with E-state index in [0.717, 1.165) is 11.3 Å². The molecule has 0 aromatic carbocycles. The van der Waals surface area contributed by atoms with Crippen LogP contribution in [-0.4, -0.2) is 23.1 Å². The lowest BCUT2D eigenvalue weighted by atomic mass is 10.2. The lowest BCUT2D eigenvalue weighted by molar-refractivity contribution is -0.139. The summed E-state index contributed by atoms with van der Waals surface area (Å²) in [7, 11) is 0. The second-order valence-corrected chi connectivity index (χ2v) is 5.23. The highest BCUT2D eigenvalue weighted by Crippen LogP contribution is 2.16. The Hall–Kier alpha value is -1.56. The molecule has 0 fully saturated rings. The van der Waals surface area contributed by atoms with Crippen molar-refractivity contribution >= 4 is 23.3 Å². The highest BCUT2D eigenvalue weighted by molar-refractivity contribution is 7.10. The van der Waals surface area contributed by atoms with Gasteiger partial charge >= 0.3 is 12.0 Å². The Labute approximate surface area is 117 Å². The van der Waals surface area contributed by atoms with E-state index in [1.807, 2.05) is 18.4 Å². The first-order valence-corrected chi connectivity index (χ1v) is 7.28. The zero-order valence-corrected chi connectivity index (χ0v) is 12.0. The van der Waals surface area contributed by atoms with Crippen molar-refractivity contribution in [2.75, 3.05) is 0 Å². The molecule has 0 aliphatic carbocycles. The lowest BCUT2D eigenvalue weighted by Gasteiger charge is -2.14. The zero-order chi connectivity index (χ0) is 14.3. The van der Waals surface area contributed by atoms with E-state index in [2.05, 4.69) is 17.6 Å². The second-order valence-electron chi connectivity index (χ2n) is 4.23. The van der Waals surface area contributed by atoms with E-state index in [1.165, 1.54) is 5.56 Å². The summed E-state index contributed by atoms with van der Waals surface area (Å²) < 4.78 is 0. The molecule has 2 amide bonds. The first kappa shape index (κ1) is 15.5. The van der Waals surface area contributed by atoms with E-state index in [0.29, 0.717) is 19.4 Å². The van der Waals surface area contributed by atoms with Gasteiger partial charge in [-0.25, -0.2) is 9.59 Å². The van der Waals surface area contributed by atoms with Gasteiger partial charge in [0.25, 0.3) is 0 Å². The van der Waals surface area contributed by atoms with Crippen molar-refractivity contribution in [2.45, 2.75) is 45.7 Å². The van der Waals surface area contributed by atoms with Gasteiger partial charge in [0, 0.05) is 4.88 Å². The minimum absolute atomic E-state index is 0.433. The number of hydrogen-bond donors (Lipinski definition) is 3. The van der Waals surface area contributed by atoms with Crippen LogP contribution in [0.15, 0.2) is 11.4 Å². The summed E-state index contributed by atoms with van der Waals surface area (Å²) in [5.74, 6) is -0.998. The Bertz CT molecular complexity index is 431. The highest BCUT2D eigenvalue weighted by Gasteiger charge is 2.18. The van der Waals surface area contributed by atoms with Gasteiger partial charge in [0.1, 0.15) is 6.04 Å². The fourth-order valence-corrected chi connectivity index (χ4v) is 2.67. The molecule has 1 rings (SSSR count). The summed E-state index contributed by atoms with van der Waals surface area (Å²) in [4.78, 5) is 23.7. The molecule has 0 aliphatic heterocycles. The molecule has 1 aromatic heterocycles. The molecule has 0 spiro atoms. The predicted octanol–water partition coefficient (Wildman–Crippen LogP) is 2.36. The van der Waals surface area contributed by atoms with Crippen molar-refractivity contribution in [2.24, 2.45) is 0 Å². The van der Waals surface area contributed by atoms with Gasteiger partial charge in [-0.05, 0) is 29.9 Å². The Morgan fingerprint density at radius 3 is 2.74 bits per heavy atom. The molecular formula is C13H20N2O3S. The zero-order valence-electron chi connectivity index (χ0n) is 11.2. The summed E-state index contributed by atoms with van der Waals surface area (Å²) in [5, 5.41) is 16.1. The third-order valence-electron chi connectivity index (χ3n) is 2.81. The number of aryl methyl sites for hydroxylation is 1. The SMILES string of the molecule is CCC[C@@H](NC(=O)NCc1sccc1CC)C(=O)O. The smallest absolute Gasteiger partial charge is 0.326 e. The normalized spacial score (nSPS) is 11.9. The van der Waals surface area contributed by atoms with Gasteiger partial charge in [-0.15, -0.1) is 11.3 Å². The molecular weight excluding hydrogens is 264 g/mol. The monoisotopic (exact) mass is 284 g/mol. The number of thiophene rings is 1. The minimum atomic E-state index is -0.998. The molecule has 106 valence electrons. The summed E-state index contributed by atoms with van der Waals surface area (Å²) in [6, 6.07) is 0.784. The van der Waals surface area contributed by atoms with Crippen molar-refractivity contribution in [3.63, 3.8) is 0 Å². The average Bonchev–Trinajstić information content (AvgIpc) is 2.83. The van der Waals surface area contributed by atoms with Crippen molar-refractivity contribution in [1.82, 2.24) is 10.6 Å². The summed E-state index contributed by atoms with van der Waals surface area (Å²) >= 11 is 1.59. The molecule has 3 N–H and O–H groups in total. The van der Waals surface area contributed by atoms with Gasteiger partial charge in [0.2, 0.25) is 0 Å². The lowest BCUT2D eigenvalue weighted by Crippen LogP contribution is -2.45. The van der Waals surface area contributed by atoms with Crippen LogP contribution in [0.2, 0.25) is 0 Å². The van der Waals surface area contributed by atoms with Crippen molar-refractivity contribution in [1.29, 1.82) is 0 Å². The number of carboxylic acids is 1. The number of rotatable bonds is 7. The third-order valence-corrected chi connectivity index (χ3v) is 3.77. The van der Waals surface area contributed by atoms with E-state index >= 15 is 0 Å². The number of carboxylic acid groups (broad SMARTS) is 1. The van der Waals surface area contributed by atoms with Crippen LogP contribution in [0.4, 0.5) is 4.79 Å². The number of hydrogen-bond acceptors (Lipinski definition) is 3. The number of carbonyl (C=O) groups excluding carboxylic acids is 1. The fraction of sp³-hybridized carbons (Fsp3) is 0.538. The van der Waals surface area contributed by atoms with Gasteiger partial charge in [0.05, 0.1) is 6.54 Å². The van der Waals surface area contributed by atoms with Crippen LogP contribution in [0.5, 0.6) is 0 Å². The number of urea groups is 1. The number of nitrogens with one attached hydrogen (secondary N) is 2.